The number of hydrogen-bond acceptors (Lipinski definition) is 5. The zero-order valence-corrected chi connectivity index (χ0v) is 11.1. The quantitative estimate of drug-likeness (QED) is 0.878. The van der Waals surface area contributed by atoms with Crippen LogP contribution in [0, 0.1) is 12.7 Å². The Hall–Kier alpha value is -2.26. The minimum atomic E-state index is -4.10. The van der Waals surface area contributed by atoms with Crippen molar-refractivity contribution in [2.24, 2.45) is 5.14 Å². The molecule has 20 heavy (non-hydrogen) atoms. The van der Waals surface area contributed by atoms with E-state index in [9.17, 15) is 17.6 Å². The second kappa shape index (κ2) is 5.02. The van der Waals surface area contributed by atoms with Crippen molar-refractivity contribution < 1.29 is 22.1 Å². The number of nitrogens with two attached hydrogens (primary N) is 1. The predicted molar refractivity (Wildman–Crippen MR) is 67.0 cm³/mol. The van der Waals surface area contributed by atoms with E-state index in [1.54, 1.807) is 6.92 Å². The average molecular weight is 299 g/mol. The number of rotatable bonds is 3. The van der Waals surface area contributed by atoms with E-state index in [0.29, 0.717) is 5.76 Å². The zero-order valence-electron chi connectivity index (χ0n) is 10.3. The third kappa shape index (κ3) is 3.00. The Morgan fingerprint density at radius 1 is 1.40 bits per heavy atom. The van der Waals surface area contributed by atoms with Crippen LogP contribution in [0.15, 0.2) is 33.7 Å². The third-order valence-corrected chi connectivity index (χ3v) is 3.33. The molecule has 106 valence electrons. The van der Waals surface area contributed by atoms with Crippen molar-refractivity contribution in [3.63, 3.8) is 0 Å². The number of aryl methyl sites for hydroxylation is 1. The van der Waals surface area contributed by atoms with Crippen molar-refractivity contribution in [3.8, 4) is 0 Å². The van der Waals surface area contributed by atoms with Crippen molar-refractivity contribution >= 4 is 21.6 Å². The molecule has 2 rings (SSSR count). The molecule has 9 heteroatoms. The number of carbonyl (C=O) groups excluding carboxylic acids is 1. The summed E-state index contributed by atoms with van der Waals surface area (Å²) >= 11 is 0. The monoisotopic (exact) mass is 299 g/mol. The van der Waals surface area contributed by atoms with E-state index in [-0.39, 0.29) is 11.4 Å². The zero-order chi connectivity index (χ0) is 14.9. The predicted octanol–water partition coefficient (Wildman–Crippen LogP) is 1.02. The lowest BCUT2D eigenvalue weighted by molar-refractivity contribution is 0.101. The number of anilines is 1. The summed E-state index contributed by atoms with van der Waals surface area (Å²) in [6, 6.07) is 4.10. The van der Waals surface area contributed by atoms with Gasteiger partial charge in [0.1, 0.15) is 16.5 Å². The van der Waals surface area contributed by atoms with Crippen LogP contribution in [-0.2, 0) is 10.0 Å². The molecule has 7 nitrogen and oxygen atoms in total. The molecule has 3 N–H and O–H groups in total. The maximum atomic E-state index is 13.2. The van der Waals surface area contributed by atoms with Gasteiger partial charge in [-0.1, -0.05) is 5.16 Å². The summed E-state index contributed by atoms with van der Waals surface area (Å²) in [6.07, 6.45) is 0. The maximum absolute atomic E-state index is 13.2. The van der Waals surface area contributed by atoms with Crippen LogP contribution >= 0.6 is 0 Å². The van der Waals surface area contributed by atoms with Crippen molar-refractivity contribution in [2.45, 2.75) is 11.8 Å². The van der Waals surface area contributed by atoms with Gasteiger partial charge in [0, 0.05) is 6.07 Å². The van der Waals surface area contributed by atoms with Crippen molar-refractivity contribution in [1.82, 2.24) is 5.16 Å². The van der Waals surface area contributed by atoms with E-state index in [0.717, 1.165) is 18.2 Å². The second-order valence-electron chi connectivity index (χ2n) is 3.96. The molecule has 0 unspecified atom stereocenters. The van der Waals surface area contributed by atoms with Crippen LogP contribution in [-0.4, -0.2) is 19.5 Å². The summed E-state index contributed by atoms with van der Waals surface area (Å²) < 4.78 is 40.6. The normalized spacial score (nSPS) is 11.3. The van der Waals surface area contributed by atoms with Crippen LogP contribution in [0.5, 0.6) is 0 Å². The molecule has 1 heterocycles. The fraction of sp³-hybridized carbons (Fsp3) is 0.0909. The molecule has 2 aromatic rings. The van der Waals surface area contributed by atoms with Gasteiger partial charge in [0.25, 0.3) is 5.91 Å². The van der Waals surface area contributed by atoms with Gasteiger partial charge in [-0.2, -0.15) is 0 Å². The summed E-state index contributed by atoms with van der Waals surface area (Å²) in [5.74, 6) is -1.05. The van der Waals surface area contributed by atoms with Crippen LogP contribution in [0.1, 0.15) is 16.2 Å². The summed E-state index contributed by atoms with van der Waals surface area (Å²) in [5, 5.41) is 10.7. The van der Waals surface area contributed by atoms with Crippen LogP contribution in [0.2, 0.25) is 0 Å². The fourth-order valence-corrected chi connectivity index (χ4v) is 2.18. The third-order valence-electron chi connectivity index (χ3n) is 2.36. The molecular formula is C11H10FN3O4S. The van der Waals surface area contributed by atoms with E-state index in [1.807, 2.05) is 0 Å². The molecule has 0 saturated heterocycles. The minimum Gasteiger partial charge on any atom is -0.361 e. The van der Waals surface area contributed by atoms with Gasteiger partial charge in [-0.05, 0) is 25.1 Å². The van der Waals surface area contributed by atoms with Gasteiger partial charge in [-0.15, -0.1) is 0 Å². The standard InChI is InChI=1S/C11H10FN3O4S/c1-6-4-9(15-19-6)11(16)14-8-5-7(12)2-3-10(8)20(13,17)18/h2-5H,1H3,(H,14,16)(H2,13,17,18). The molecule has 0 atom stereocenters. The molecule has 0 aliphatic rings. The summed E-state index contributed by atoms with van der Waals surface area (Å²) in [4.78, 5) is 11.4. The van der Waals surface area contributed by atoms with Crippen molar-refractivity contribution in [3.05, 3.63) is 41.5 Å². The number of amides is 1. The van der Waals surface area contributed by atoms with Crippen molar-refractivity contribution in [2.75, 3.05) is 5.32 Å². The first-order valence-corrected chi connectivity index (χ1v) is 6.89. The number of nitrogens with zero attached hydrogens (tertiary/aromatic N) is 1. The molecule has 0 bridgehead atoms. The molecule has 1 aromatic carbocycles. The molecule has 0 aliphatic carbocycles. The molecule has 0 radical (unpaired) electrons. The molecular weight excluding hydrogens is 289 g/mol. The first-order valence-electron chi connectivity index (χ1n) is 5.34. The Balaban J connectivity index is 2.38. The van der Waals surface area contributed by atoms with E-state index in [2.05, 4.69) is 10.5 Å². The number of nitrogens with one attached hydrogen (secondary N) is 1. The van der Waals surface area contributed by atoms with E-state index in [1.165, 1.54) is 6.07 Å². The highest BCUT2D eigenvalue weighted by Crippen LogP contribution is 2.21. The lowest BCUT2D eigenvalue weighted by atomic mass is 10.3. The lowest BCUT2D eigenvalue weighted by Crippen LogP contribution is -2.18. The second-order valence-corrected chi connectivity index (χ2v) is 5.49. The average Bonchev–Trinajstić information content (AvgIpc) is 2.74. The number of sulfonamides is 1. The summed E-state index contributed by atoms with van der Waals surface area (Å²) in [6.45, 7) is 1.59. The Bertz CT molecular complexity index is 770. The van der Waals surface area contributed by atoms with Gasteiger partial charge in [0.15, 0.2) is 5.69 Å². The largest absolute Gasteiger partial charge is 0.361 e. The van der Waals surface area contributed by atoms with Gasteiger partial charge in [0.2, 0.25) is 10.0 Å². The van der Waals surface area contributed by atoms with E-state index < -0.39 is 26.6 Å². The molecule has 1 aromatic heterocycles. The Kier molecular flexibility index (Phi) is 3.55. The Morgan fingerprint density at radius 2 is 2.10 bits per heavy atom. The number of halogens is 1. The van der Waals surface area contributed by atoms with Gasteiger partial charge in [0.05, 0.1) is 5.69 Å². The van der Waals surface area contributed by atoms with Crippen LogP contribution < -0.4 is 10.5 Å². The van der Waals surface area contributed by atoms with Crippen LogP contribution in [0.25, 0.3) is 0 Å². The Labute approximate surface area is 113 Å². The minimum absolute atomic E-state index is 0.0628. The highest BCUT2D eigenvalue weighted by atomic mass is 32.2. The van der Waals surface area contributed by atoms with Gasteiger partial charge in [-0.25, -0.2) is 17.9 Å². The van der Waals surface area contributed by atoms with Crippen molar-refractivity contribution in [1.29, 1.82) is 0 Å². The lowest BCUT2D eigenvalue weighted by Gasteiger charge is -2.08. The molecule has 1 amide bonds. The fourth-order valence-electron chi connectivity index (χ4n) is 1.51. The number of primary sulfonamides is 1. The first kappa shape index (κ1) is 14.2. The smallest absolute Gasteiger partial charge is 0.277 e. The Morgan fingerprint density at radius 3 is 2.65 bits per heavy atom. The highest BCUT2D eigenvalue weighted by molar-refractivity contribution is 7.89. The number of carbonyl (C=O) groups is 1. The molecule has 0 fully saturated rings. The van der Waals surface area contributed by atoms with Crippen LogP contribution in [0.4, 0.5) is 10.1 Å². The summed E-state index contributed by atoms with van der Waals surface area (Å²) in [5.41, 5.74) is -0.328. The maximum Gasteiger partial charge on any atom is 0.277 e. The van der Waals surface area contributed by atoms with Crippen LogP contribution in [0.3, 0.4) is 0 Å². The molecule has 0 aliphatic heterocycles. The van der Waals surface area contributed by atoms with E-state index >= 15 is 0 Å². The number of benzene rings is 1. The molecule has 0 saturated carbocycles. The van der Waals surface area contributed by atoms with Gasteiger partial charge >= 0.3 is 0 Å². The molecule has 0 spiro atoms. The summed E-state index contributed by atoms with van der Waals surface area (Å²) in [7, 11) is -4.10. The first-order chi connectivity index (χ1) is 9.27. The number of hydrogen-bond donors (Lipinski definition) is 2. The SMILES string of the molecule is Cc1cc(C(=O)Nc2cc(F)ccc2S(N)(=O)=O)no1. The van der Waals surface area contributed by atoms with Gasteiger partial charge < -0.3 is 9.84 Å². The van der Waals surface area contributed by atoms with Gasteiger partial charge in [-0.3, -0.25) is 4.79 Å². The topological polar surface area (TPSA) is 115 Å². The number of aromatic nitrogens is 1. The van der Waals surface area contributed by atoms with E-state index in [4.69, 9.17) is 9.66 Å². The highest BCUT2D eigenvalue weighted by Gasteiger charge is 2.18.